The molecule has 126 valence electrons. The molecule has 0 aliphatic rings. The van der Waals surface area contributed by atoms with Crippen LogP contribution >= 0.6 is 11.8 Å². The summed E-state index contributed by atoms with van der Waals surface area (Å²) in [5, 5.41) is 22.8. The van der Waals surface area contributed by atoms with Crippen LogP contribution in [0.15, 0.2) is 57.8 Å². The molecule has 0 heterocycles. The molecule has 0 spiro atoms. The van der Waals surface area contributed by atoms with Gasteiger partial charge in [0.15, 0.2) is 0 Å². The van der Waals surface area contributed by atoms with Crippen LogP contribution in [0.25, 0.3) is 6.08 Å². The van der Waals surface area contributed by atoms with Gasteiger partial charge in [-0.15, -0.1) is 0 Å². The fourth-order valence-corrected chi connectivity index (χ4v) is 2.94. The molecule has 0 bridgehead atoms. The van der Waals surface area contributed by atoms with Crippen LogP contribution in [0.3, 0.4) is 0 Å². The number of nitrogens with zero attached hydrogens (tertiary/aromatic N) is 2. The summed E-state index contributed by atoms with van der Waals surface area (Å²) >= 11 is 1.29. The quantitative estimate of drug-likeness (QED) is 0.382. The van der Waals surface area contributed by atoms with Gasteiger partial charge in [-0.05, 0) is 36.8 Å². The third-order valence-electron chi connectivity index (χ3n) is 3.33. The van der Waals surface area contributed by atoms with E-state index in [9.17, 15) is 14.9 Å². The largest absolute Gasteiger partial charge is 0.354 e. The van der Waals surface area contributed by atoms with Crippen molar-refractivity contribution in [3.05, 3.63) is 69.3 Å². The van der Waals surface area contributed by atoms with Gasteiger partial charge in [-0.3, -0.25) is 14.9 Å². The second-order valence-electron chi connectivity index (χ2n) is 5.15. The standard InChI is InChI=1S/C18H15N3O3S/c1-12-3-6-15(7-4-12)25-17-8-5-13(10-16(17)21(23)24)9-14(11-19)18(22)20-2/h3-10H,1-2H3,(H,20,22)/b14-9+. The zero-order chi connectivity index (χ0) is 18.4. The van der Waals surface area contributed by atoms with E-state index in [1.165, 1.54) is 31.0 Å². The van der Waals surface area contributed by atoms with Gasteiger partial charge in [0.2, 0.25) is 0 Å². The molecule has 2 rings (SSSR count). The van der Waals surface area contributed by atoms with Gasteiger partial charge in [-0.1, -0.05) is 35.5 Å². The molecule has 0 aliphatic carbocycles. The van der Waals surface area contributed by atoms with Crippen LogP contribution in [-0.2, 0) is 4.79 Å². The number of benzene rings is 2. The summed E-state index contributed by atoms with van der Waals surface area (Å²) in [5.74, 6) is -0.539. The van der Waals surface area contributed by atoms with Gasteiger partial charge < -0.3 is 5.32 Å². The molecule has 0 saturated heterocycles. The Morgan fingerprint density at radius 2 is 1.96 bits per heavy atom. The number of nitrogens with one attached hydrogen (secondary N) is 1. The highest BCUT2D eigenvalue weighted by Gasteiger charge is 2.16. The number of rotatable bonds is 5. The minimum absolute atomic E-state index is 0.0754. The van der Waals surface area contributed by atoms with Crippen LogP contribution in [0.1, 0.15) is 11.1 Å². The van der Waals surface area contributed by atoms with Crippen molar-refractivity contribution in [2.75, 3.05) is 7.05 Å². The highest BCUT2D eigenvalue weighted by atomic mass is 32.2. The first-order valence-corrected chi connectivity index (χ1v) is 8.13. The molecule has 1 N–H and O–H groups in total. The third-order valence-corrected chi connectivity index (χ3v) is 4.40. The maximum Gasteiger partial charge on any atom is 0.283 e. The molecular weight excluding hydrogens is 338 g/mol. The number of hydrogen-bond acceptors (Lipinski definition) is 5. The van der Waals surface area contributed by atoms with Gasteiger partial charge in [0, 0.05) is 18.0 Å². The van der Waals surface area contributed by atoms with Crippen molar-refractivity contribution in [1.82, 2.24) is 5.32 Å². The normalized spacial score (nSPS) is 10.8. The van der Waals surface area contributed by atoms with E-state index in [-0.39, 0.29) is 11.3 Å². The Bertz CT molecular complexity index is 883. The van der Waals surface area contributed by atoms with Gasteiger partial charge in [-0.2, -0.15) is 5.26 Å². The van der Waals surface area contributed by atoms with E-state index in [1.54, 1.807) is 18.2 Å². The number of carbonyl (C=O) groups excluding carboxylic acids is 1. The first-order valence-electron chi connectivity index (χ1n) is 7.31. The highest BCUT2D eigenvalue weighted by Crippen LogP contribution is 2.35. The fraction of sp³-hybridized carbons (Fsp3) is 0.111. The average Bonchev–Trinajstić information content (AvgIpc) is 2.61. The molecule has 6 nitrogen and oxygen atoms in total. The fourth-order valence-electron chi connectivity index (χ4n) is 2.04. The second-order valence-corrected chi connectivity index (χ2v) is 6.26. The molecule has 0 atom stereocenters. The number of amides is 1. The average molecular weight is 353 g/mol. The lowest BCUT2D eigenvalue weighted by molar-refractivity contribution is -0.387. The Labute approximate surface area is 149 Å². The Kier molecular flexibility index (Phi) is 5.93. The maximum absolute atomic E-state index is 11.6. The molecule has 0 radical (unpaired) electrons. The number of hydrogen-bond donors (Lipinski definition) is 1. The molecular formula is C18H15N3O3S. The summed E-state index contributed by atoms with van der Waals surface area (Å²) in [4.78, 5) is 23.9. The van der Waals surface area contributed by atoms with Gasteiger partial charge >= 0.3 is 0 Å². The number of nitriles is 1. The molecule has 2 aromatic rings. The predicted octanol–water partition coefficient (Wildman–Crippen LogP) is 3.71. The summed E-state index contributed by atoms with van der Waals surface area (Å²) in [7, 11) is 1.41. The van der Waals surface area contributed by atoms with Gasteiger partial charge in [-0.25, -0.2) is 0 Å². The maximum atomic E-state index is 11.6. The molecule has 0 fully saturated rings. The van der Waals surface area contributed by atoms with Gasteiger partial charge in [0.25, 0.3) is 11.6 Å². The third kappa shape index (κ3) is 4.68. The molecule has 0 aliphatic heterocycles. The Hall–Kier alpha value is -3.11. The summed E-state index contributed by atoms with van der Waals surface area (Å²) in [6.45, 7) is 1.97. The predicted molar refractivity (Wildman–Crippen MR) is 96.1 cm³/mol. The monoisotopic (exact) mass is 353 g/mol. The summed E-state index contributed by atoms with van der Waals surface area (Å²) in [6, 6.07) is 14.1. The van der Waals surface area contributed by atoms with Crippen molar-refractivity contribution in [3.8, 4) is 6.07 Å². The van der Waals surface area contributed by atoms with Crippen LogP contribution in [0.2, 0.25) is 0 Å². The van der Waals surface area contributed by atoms with Crippen molar-refractivity contribution < 1.29 is 9.72 Å². The zero-order valence-corrected chi connectivity index (χ0v) is 14.5. The van der Waals surface area contributed by atoms with Crippen LogP contribution < -0.4 is 5.32 Å². The lowest BCUT2D eigenvalue weighted by Crippen LogP contribution is -2.19. The number of nitro groups is 1. The zero-order valence-electron chi connectivity index (χ0n) is 13.6. The van der Waals surface area contributed by atoms with E-state index in [2.05, 4.69) is 5.32 Å². The van der Waals surface area contributed by atoms with E-state index < -0.39 is 10.8 Å². The van der Waals surface area contributed by atoms with E-state index in [0.29, 0.717) is 10.5 Å². The molecule has 0 aromatic heterocycles. The van der Waals surface area contributed by atoms with Crippen molar-refractivity contribution in [2.24, 2.45) is 0 Å². The molecule has 0 unspecified atom stereocenters. The van der Waals surface area contributed by atoms with E-state index in [0.717, 1.165) is 10.5 Å². The Morgan fingerprint density at radius 1 is 1.28 bits per heavy atom. The van der Waals surface area contributed by atoms with Crippen molar-refractivity contribution >= 4 is 29.4 Å². The van der Waals surface area contributed by atoms with Crippen molar-refractivity contribution in [3.63, 3.8) is 0 Å². The van der Waals surface area contributed by atoms with E-state index in [1.807, 2.05) is 31.2 Å². The number of carbonyl (C=O) groups is 1. The van der Waals surface area contributed by atoms with Crippen molar-refractivity contribution in [2.45, 2.75) is 16.7 Å². The number of likely N-dealkylation sites (N-methyl/N-ethyl adjacent to an activating group) is 1. The summed E-state index contributed by atoms with van der Waals surface area (Å²) in [6.07, 6.45) is 1.33. The summed E-state index contributed by atoms with van der Waals surface area (Å²) in [5.41, 5.74) is 1.34. The van der Waals surface area contributed by atoms with Crippen LogP contribution in [0.5, 0.6) is 0 Å². The Morgan fingerprint density at radius 3 is 2.52 bits per heavy atom. The second kappa shape index (κ2) is 8.13. The lowest BCUT2D eigenvalue weighted by Gasteiger charge is -2.05. The highest BCUT2D eigenvalue weighted by molar-refractivity contribution is 7.99. The van der Waals surface area contributed by atoms with Gasteiger partial charge in [0.05, 0.1) is 9.82 Å². The van der Waals surface area contributed by atoms with E-state index in [4.69, 9.17) is 5.26 Å². The minimum atomic E-state index is -0.539. The van der Waals surface area contributed by atoms with Gasteiger partial charge in [0.1, 0.15) is 11.6 Å². The minimum Gasteiger partial charge on any atom is -0.354 e. The number of aryl methyl sites for hydroxylation is 1. The smallest absolute Gasteiger partial charge is 0.283 e. The Balaban J connectivity index is 2.39. The molecule has 7 heteroatoms. The number of nitro benzene ring substituents is 1. The van der Waals surface area contributed by atoms with Crippen LogP contribution in [0, 0.1) is 28.4 Å². The topological polar surface area (TPSA) is 96.0 Å². The molecule has 0 saturated carbocycles. The first-order chi connectivity index (χ1) is 11.9. The van der Waals surface area contributed by atoms with Crippen LogP contribution in [0.4, 0.5) is 5.69 Å². The SMILES string of the molecule is CNC(=O)/C(C#N)=C/c1ccc(Sc2ccc(C)cc2)c([N+](=O)[O-])c1. The van der Waals surface area contributed by atoms with E-state index >= 15 is 0 Å². The molecule has 1 amide bonds. The molecule has 25 heavy (non-hydrogen) atoms. The van der Waals surface area contributed by atoms with Crippen molar-refractivity contribution in [1.29, 1.82) is 5.26 Å². The van der Waals surface area contributed by atoms with Crippen LogP contribution in [-0.4, -0.2) is 17.9 Å². The lowest BCUT2D eigenvalue weighted by atomic mass is 10.1. The first kappa shape index (κ1) is 18.2. The molecule has 2 aromatic carbocycles. The summed E-state index contributed by atoms with van der Waals surface area (Å²) < 4.78 is 0.